The highest BCUT2D eigenvalue weighted by Crippen LogP contribution is 2.43. The standard InChI is InChI=1S/C13H13F3/c1-2-12(9-3-4-9)10-5-7-11(8-6-10)13(14,15)16/h2,5-9,12H,1,3-4H2. The molecule has 1 atom stereocenters. The molecule has 1 aliphatic rings. The van der Waals surface area contributed by atoms with E-state index in [1.54, 1.807) is 12.1 Å². The number of alkyl halides is 3. The number of allylic oxidation sites excluding steroid dienone is 1. The van der Waals surface area contributed by atoms with E-state index in [1.807, 2.05) is 6.08 Å². The number of hydrogen-bond donors (Lipinski definition) is 0. The van der Waals surface area contributed by atoms with Gasteiger partial charge in [0, 0.05) is 5.92 Å². The van der Waals surface area contributed by atoms with Crippen LogP contribution in [0.2, 0.25) is 0 Å². The Balaban J connectivity index is 2.21. The smallest absolute Gasteiger partial charge is 0.166 e. The number of rotatable bonds is 3. The summed E-state index contributed by atoms with van der Waals surface area (Å²) in [4.78, 5) is 0. The lowest BCUT2D eigenvalue weighted by molar-refractivity contribution is -0.137. The van der Waals surface area contributed by atoms with Gasteiger partial charge in [0.2, 0.25) is 0 Å². The van der Waals surface area contributed by atoms with Gasteiger partial charge >= 0.3 is 6.18 Å². The van der Waals surface area contributed by atoms with Crippen molar-refractivity contribution in [2.75, 3.05) is 0 Å². The molecular weight excluding hydrogens is 213 g/mol. The van der Waals surface area contributed by atoms with Crippen LogP contribution in [0.1, 0.15) is 29.9 Å². The van der Waals surface area contributed by atoms with Crippen molar-refractivity contribution in [2.45, 2.75) is 24.9 Å². The molecule has 0 aliphatic heterocycles. The molecule has 2 rings (SSSR count). The third-order valence-electron chi connectivity index (χ3n) is 3.01. The molecule has 1 aromatic rings. The Morgan fingerprint density at radius 2 is 1.75 bits per heavy atom. The summed E-state index contributed by atoms with van der Waals surface area (Å²) in [6.07, 6.45) is -0.114. The van der Waals surface area contributed by atoms with Crippen LogP contribution in [-0.2, 0) is 6.18 Å². The molecule has 1 saturated carbocycles. The SMILES string of the molecule is C=CC(c1ccc(C(F)(F)F)cc1)C1CC1. The molecule has 0 radical (unpaired) electrons. The zero-order valence-electron chi connectivity index (χ0n) is 8.80. The van der Waals surface area contributed by atoms with Crippen LogP contribution in [0.4, 0.5) is 13.2 Å². The number of benzene rings is 1. The first-order valence-electron chi connectivity index (χ1n) is 5.32. The molecule has 16 heavy (non-hydrogen) atoms. The first kappa shape index (κ1) is 11.2. The third kappa shape index (κ3) is 2.29. The molecule has 1 aromatic carbocycles. The van der Waals surface area contributed by atoms with Crippen LogP contribution in [0.3, 0.4) is 0 Å². The van der Waals surface area contributed by atoms with Gasteiger partial charge in [0.05, 0.1) is 5.56 Å². The molecule has 0 N–H and O–H groups in total. The fourth-order valence-corrected chi connectivity index (χ4v) is 1.95. The van der Waals surface area contributed by atoms with E-state index in [0.29, 0.717) is 5.92 Å². The topological polar surface area (TPSA) is 0 Å². The van der Waals surface area contributed by atoms with E-state index < -0.39 is 11.7 Å². The zero-order valence-corrected chi connectivity index (χ0v) is 8.80. The molecule has 1 unspecified atom stereocenters. The van der Waals surface area contributed by atoms with E-state index in [4.69, 9.17) is 0 Å². The Bertz CT molecular complexity index is 371. The second-order valence-corrected chi connectivity index (χ2v) is 4.22. The minimum atomic E-state index is -4.25. The molecule has 0 saturated heterocycles. The van der Waals surface area contributed by atoms with Crippen molar-refractivity contribution in [3.8, 4) is 0 Å². The van der Waals surface area contributed by atoms with Gasteiger partial charge in [-0.25, -0.2) is 0 Å². The number of hydrogen-bond acceptors (Lipinski definition) is 0. The largest absolute Gasteiger partial charge is 0.416 e. The van der Waals surface area contributed by atoms with Crippen LogP contribution in [0.25, 0.3) is 0 Å². The molecule has 0 bridgehead atoms. The van der Waals surface area contributed by atoms with Crippen LogP contribution in [0.15, 0.2) is 36.9 Å². The van der Waals surface area contributed by atoms with Crippen molar-refractivity contribution in [3.05, 3.63) is 48.0 Å². The summed E-state index contributed by atoms with van der Waals surface area (Å²) in [5.74, 6) is 0.788. The second-order valence-electron chi connectivity index (χ2n) is 4.22. The highest BCUT2D eigenvalue weighted by Gasteiger charge is 2.32. The van der Waals surface area contributed by atoms with E-state index in [-0.39, 0.29) is 5.92 Å². The van der Waals surface area contributed by atoms with Crippen LogP contribution in [0, 0.1) is 5.92 Å². The van der Waals surface area contributed by atoms with Crippen molar-refractivity contribution >= 4 is 0 Å². The summed E-state index contributed by atoms with van der Waals surface area (Å²) in [5, 5.41) is 0. The second kappa shape index (κ2) is 3.96. The van der Waals surface area contributed by atoms with E-state index >= 15 is 0 Å². The first-order valence-corrected chi connectivity index (χ1v) is 5.32. The minimum Gasteiger partial charge on any atom is -0.166 e. The third-order valence-corrected chi connectivity index (χ3v) is 3.01. The van der Waals surface area contributed by atoms with Crippen LogP contribution < -0.4 is 0 Å². The fourth-order valence-electron chi connectivity index (χ4n) is 1.95. The van der Waals surface area contributed by atoms with Crippen molar-refractivity contribution in [1.82, 2.24) is 0 Å². The monoisotopic (exact) mass is 226 g/mol. The van der Waals surface area contributed by atoms with E-state index in [0.717, 1.165) is 30.5 Å². The maximum absolute atomic E-state index is 12.4. The average Bonchev–Trinajstić information content (AvgIpc) is 3.03. The van der Waals surface area contributed by atoms with Gasteiger partial charge < -0.3 is 0 Å². The van der Waals surface area contributed by atoms with Gasteiger partial charge in [0.1, 0.15) is 0 Å². The Morgan fingerprint density at radius 1 is 1.19 bits per heavy atom. The lowest BCUT2D eigenvalue weighted by Gasteiger charge is -2.13. The summed E-state index contributed by atoms with van der Waals surface area (Å²) in [6.45, 7) is 3.75. The fraction of sp³-hybridized carbons (Fsp3) is 0.385. The van der Waals surface area contributed by atoms with Crippen molar-refractivity contribution < 1.29 is 13.2 Å². The molecule has 1 aliphatic carbocycles. The van der Waals surface area contributed by atoms with Gasteiger partial charge in [-0.3, -0.25) is 0 Å². The molecule has 1 fully saturated rings. The van der Waals surface area contributed by atoms with Gasteiger partial charge in [-0.05, 0) is 36.5 Å². The van der Waals surface area contributed by atoms with Gasteiger partial charge in [0.15, 0.2) is 0 Å². The number of halogens is 3. The summed E-state index contributed by atoms with van der Waals surface area (Å²) < 4.78 is 37.1. The lowest BCUT2D eigenvalue weighted by atomic mass is 9.93. The lowest BCUT2D eigenvalue weighted by Crippen LogP contribution is -2.05. The molecule has 0 spiro atoms. The highest BCUT2D eigenvalue weighted by atomic mass is 19.4. The van der Waals surface area contributed by atoms with Crippen LogP contribution in [-0.4, -0.2) is 0 Å². The van der Waals surface area contributed by atoms with Crippen molar-refractivity contribution in [2.24, 2.45) is 5.92 Å². The molecule has 3 heteroatoms. The summed E-state index contributed by atoms with van der Waals surface area (Å²) in [7, 11) is 0. The van der Waals surface area contributed by atoms with Gasteiger partial charge in [-0.2, -0.15) is 13.2 Å². The molecule has 0 amide bonds. The molecule has 0 aromatic heterocycles. The van der Waals surface area contributed by atoms with Crippen LogP contribution >= 0.6 is 0 Å². The first-order chi connectivity index (χ1) is 7.52. The minimum absolute atomic E-state index is 0.210. The highest BCUT2D eigenvalue weighted by molar-refractivity contribution is 5.30. The molecule has 0 heterocycles. The predicted molar refractivity (Wildman–Crippen MR) is 57.1 cm³/mol. The van der Waals surface area contributed by atoms with Crippen LogP contribution in [0.5, 0.6) is 0 Å². The summed E-state index contributed by atoms with van der Waals surface area (Å²) in [6, 6.07) is 5.42. The summed E-state index contributed by atoms with van der Waals surface area (Å²) >= 11 is 0. The average molecular weight is 226 g/mol. The van der Waals surface area contributed by atoms with Gasteiger partial charge in [0.25, 0.3) is 0 Å². The Morgan fingerprint density at radius 3 is 2.12 bits per heavy atom. The Hall–Kier alpha value is -1.25. The predicted octanol–water partition coefficient (Wildman–Crippen LogP) is 4.39. The molecule has 86 valence electrons. The summed E-state index contributed by atoms with van der Waals surface area (Å²) in [5.41, 5.74) is 0.348. The van der Waals surface area contributed by atoms with E-state index in [2.05, 4.69) is 6.58 Å². The van der Waals surface area contributed by atoms with Gasteiger partial charge in [-0.1, -0.05) is 18.2 Å². The maximum Gasteiger partial charge on any atom is 0.416 e. The zero-order chi connectivity index (χ0) is 11.8. The Kier molecular flexibility index (Phi) is 2.78. The maximum atomic E-state index is 12.4. The van der Waals surface area contributed by atoms with Crippen molar-refractivity contribution in [1.29, 1.82) is 0 Å². The van der Waals surface area contributed by atoms with E-state index in [9.17, 15) is 13.2 Å². The molecule has 0 nitrogen and oxygen atoms in total. The van der Waals surface area contributed by atoms with Crippen molar-refractivity contribution in [3.63, 3.8) is 0 Å². The quantitative estimate of drug-likeness (QED) is 0.671. The van der Waals surface area contributed by atoms with Gasteiger partial charge in [-0.15, -0.1) is 6.58 Å². The normalized spacial score (nSPS) is 18.2. The molecular formula is C13H13F3. The van der Waals surface area contributed by atoms with E-state index in [1.165, 1.54) is 0 Å². The Labute approximate surface area is 92.8 Å².